The third-order valence-corrected chi connectivity index (χ3v) is 7.79. The number of nitrogens with zero attached hydrogens (tertiary/aromatic N) is 5. The summed E-state index contributed by atoms with van der Waals surface area (Å²) in [6.07, 6.45) is -0.694. The van der Waals surface area contributed by atoms with E-state index >= 15 is 0 Å². The molecule has 40 heavy (non-hydrogen) atoms. The number of hydrogen-bond acceptors (Lipinski definition) is 7. The zero-order chi connectivity index (χ0) is 28.6. The Labute approximate surface area is 229 Å². The van der Waals surface area contributed by atoms with Gasteiger partial charge in [0.25, 0.3) is 22.4 Å². The van der Waals surface area contributed by atoms with Crippen molar-refractivity contribution < 1.29 is 26.7 Å². The fourth-order valence-electron chi connectivity index (χ4n) is 4.50. The number of rotatable bonds is 8. The Kier molecular flexibility index (Phi) is 7.23. The monoisotopic (exact) mass is 568 g/mol. The number of halogens is 2. The molecular formula is C27H26F2N6O4S. The van der Waals surface area contributed by atoms with Gasteiger partial charge in [0, 0.05) is 36.0 Å². The highest BCUT2D eigenvalue weighted by atomic mass is 32.2. The number of aryl methyl sites for hydroxylation is 3. The van der Waals surface area contributed by atoms with E-state index in [9.17, 15) is 22.0 Å². The Balaban J connectivity index is 1.40. The van der Waals surface area contributed by atoms with Crippen molar-refractivity contribution in [2.45, 2.75) is 31.3 Å². The van der Waals surface area contributed by atoms with Crippen LogP contribution in [0, 0.1) is 13.8 Å². The lowest BCUT2D eigenvalue weighted by atomic mass is 10.00. The number of anilines is 1. The minimum Gasteiger partial charge on any atom is -0.470 e. The molecule has 1 aliphatic heterocycles. The van der Waals surface area contributed by atoms with Crippen molar-refractivity contribution in [1.82, 2.24) is 24.6 Å². The van der Waals surface area contributed by atoms with Gasteiger partial charge >= 0.3 is 0 Å². The van der Waals surface area contributed by atoms with Crippen LogP contribution in [0.2, 0.25) is 0 Å². The molecule has 13 heteroatoms. The minimum atomic E-state index is -4.04. The van der Waals surface area contributed by atoms with Gasteiger partial charge in [0.15, 0.2) is 0 Å². The number of likely N-dealkylation sites (tertiary alicyclic amines) is 1. The van der Waals surface area contributed by atoms with E-state index in [4.69, 9.17) is 4.74 Å². The second-order valence-corrected chi connectivity index (χ2v) is 11.2. The van der Waals surface area contributed by atoms with Crippen molar-refractivity contribution >= 4 is 21.9 Å². The molecule has 1 aliphatic rings. The summed E-state index contributed by atoms with van der Waals surface area (Å²) >= 11 is 0. The minimum absolute atomic E-state index is 0.0533. The van der Waals surface area contributed by atoms with Crippen molar-refractivity contribution in [2.75, 3.05) is 17.8 Å². The van der Waals surface area contributed by atoms with Crippen LogP contribution in [0.4, 0.5) is 14.7 Å². The zero-order valence-corrected chi connectivity index (χ0v) is 22.7. The first kappa shape index (κ1) is 27.2. The second kappa shape index (κ2) is 10.6. The molecule has 0 bridgehead atoms. The lowest BCUT2D eigenvalue weighted by Gasteiger charge is -2.39. The first-order chi connectivity index (χ1) is 19.0. The number of amides is 1. The number of sulfonamides is 1. The molecule has 0 unspecified atom stereocenters. The number of ether oxygens (including phenoxy) is 1. The molecular weight excluding hydrogens is 542 g/mol. The molecule has 0 saturated carbocycles. The molecule has 2 aromatic heterocycles. The summed E-state index contributed by atoms with van der Waals surface area (Å²) in [7, 11) is -2.44. The van der Waals surface area contributed by atoms with Gasteiger partial charge in [0.05, 0.1) is 25.0 Å². The summed E-state index contributed by atoms with van der Waals surface area (Å²) in [5.41, 5.74) is 2.71. The molecule has 1 saturated heterocycles. The Morgan fingerprint density at radius 1 is 1.07 bits per heavy atom. The van der Waals surface area contributed by atoms with Crippen LogP contribution in [-0.2, 0) is 17.1 Å². The molecule has 208 valence electrons. The van der Waals surface area contributed by atoms with E-state index in [1.807, 2.05) is 32.0 Å². The molecule has 5 rings (SSSR count). The number of carbonyl (C=O) groups is 1. The number of nitrogens with one attached hydrogen (secondary N) is 1. The number of aromatic nitrogens is 4. The summed E-state index contributed by atoms with van der Waals surface area (Å²) in [4.78, 5) is 22.9. The smallest absolute Gasteiger partial charge is 0.267 e. The molecule has 10 nitrogen and oxygen atoms in total. The Morgan fingerprint density at radius 3 is 2.42 bits per heavy atom. The van der Waals surface area contributed by atoms with E-state index in [-0.39, 0.29) is 40.9 Å². The molecule has 0 aliphatic carbocycles. The molecule has 0 radical (unpaired) electrons. The van der Waals surface area contributed by atoms with E-state index in [2.05, 4.69) is 19.8 Å². The third kappa shape index (κ3) is 5.50. The van der Waals surface area contributed by atoms with Gasteiger partial charge in [-0.25, -0.2) is 26.9 Å². The topological polar surface area (TPSA) is 119 Å². The van der Waals surface area contributed by atoms with Gasteiger partial charge in [-0.15, -0.1) is 0 Å². The standard InChI is InChI=1S/C27H26F2N6O4S/c1-16-7-6-8-17(2)24(16)22-11-23(32-27(31-22)33-40(37,38)19-12-30-34(3)15-19)39-18-13-35(14-18)26(36)21-10-5-4-9-20(21)25(28)29/h4-12,15,18,25H,13-14H2,1-3H3,(H,31,32,33). The quantitative estimate of drug-likeness (QED) is 0.339. The van der Waals surface area contributed by atoms with Crippen LogP contribution < -0.4 is 9.46 Å². The Bertz CT molecular complexity index is 1670. The van der Waals surface area contributed by atoms with Gasteiger partial charge < -0.3 is 9.64 Å². The molecule has 0 spiro atoms. The van der Waals surface area contributed by atoms with Crippen LogP contribution in [0.25, 0.3) is 11.3 Å². The van der Waals surface area contributed by atoms with E-state index in [1.54, 1.807) is 13.1 Å². The first-order valence-corrected chi connectivity index (χ1v) is 13.8. The van der Waals surface area contributed by atoms with Crippen LogP contribution in [0.15, 0.2) is 65.8 Å². The highest BCUT2D eigenvalue weighted by Gasteiger charge is 2.35. The largest absolute Gasteiger partial charge is 0.470 e. The van der Waals surface area contributed by atoms with E-state index in [1.165, 1.54) is 46.2 Å². The molecule has 4 aromatic rings. The lowest BCUT2D eigenvalue weighted by Crippen LogP contribution is -2.56. The van der Waals surface area contributed by atoms with Crippen LogP contribution in [0.3, 0.4) is 0 Å². The van der Waals surface area contributed by atoms with Gasteiger partial charge in [-0.2, -0.15) is 10.1 Å². The fraction of sp³-hybridized carbons (Fsp3) is 0.259. The van der Waals surface area contributed by atoms with E-state index in [0.717, 1.165) is 16.7 Å². The zero-order valence-electron chi connectivity index (χ0n) is 21.9. The lowest BCUT2D eigenvalue weighted by molar-refractivity contribution is 0.0155. The van der Waals surface area contributed by atoms with Gasteiger partial charge in [-0.3, -0.25) is 9.48 Å². The molecule has 1 fully saturated rings. The van der Waals surface area contributed by atoms with Crippen molar-refractivity contribution in [1.29, 1.82) is 0 Å². The highest BCUT2D eigenvalue weighted by Crippen LogP contribution is 2.31. The maximum absolute atomic E-state index is 13.4. The average Bonchev–Trinajstić information content (AvgIpc) is 3.32. The van der Waals surface area contributed by atoms with Gasteiger partial charge in [-0.1, -0.05) is 36.4 Å². The molecule has 0 atom stereocenters. The number of hydrogen-bond donors (Lipinski definition) is 1. The number of benzene rings is 2. The normalized spacial score (nSPS) is 13.8. The van der Waals surface area contributed by atoms with E-state index < -0.39 is 28.5 Å². The molecule has 1 N–H and O–H groups in total. The predicted octanol–water partition coefficient (Wildman–Crippen LogP) is 4.14. The summed E-state index contributed by atoms with van der Waals surface area (Å²) in [6.45, 7) is 4.12. The van der Waals surface area contributed by atoms with Crippen molar-refractivity contribution in [3.05, 3.63) is 83.2 Å². The third-order valence-electron chi connectivity index (χ3n) is 6.51. The van der Waals surface area contributed by atoms with Crippen molar-refractivity contribution in [3.63, 3.8) is 0 Å². The molecule has 2 aromatic carbocycles. The predicted molar refractivity (Wildman–Crippen MR) is 143 cm³/mol. The summed E-state index contributed by atoms with van der Waals surface area (Å²) in [5, 5.41) is 3.90. The maximum Gasteiger partial charge on any atom is 0.267 e. The van der Waals surface area contributed by atoms with E-state index in [0.29, 0.717) is 5.69 Å². The Morgan fingerprint density at radius 2 is 1.77 bits per heavy atom. The fourth-order valence-corrected chi connectivity index (χ4v) is 5.42. The highest BCUT2D eigenvalue weighted by molar-refractivity contribution is 7.92. The van der Waals surface area contributed by atoms with Crippen LogP contribution in [0.5, 0.6) is 5.88 Å². The summed E-state index contributed by atoms with van der Waals surface area (Å²) < 4.78 is 62.4. The summed E-state index contributed by atoms with van der Waals surface area (Å²) in [5.74, 6) is -0.613. The molecule has 3 heterocycles. The number of carbonyl (C=O) groups excluding carboxylic acids is 1. The Hall–Kier alpha value is -4.39. The summed E-state index contributed by atoms with van der Waals surface area (Å²) in [6, 6.07) is 12.9. The molecule has 1 amide bonds. The first-order valence-electron chi connectivity index (χ1n) is 12.3. The van der Waals surface area contributed by atoms with Gasteiger partial charge in [0.2, 0.25) is 11.8 Å². The van der Waals surface area contributed by atoms with Crippen LogP contribution in [0.1, 0.15) is 33.5 Å². The number of alkyl halides is 2. The van der Waals surface area contributed by atoms with Crippen molar-refractivity contribution in [3.8, 4) is 17.1 Å². The van der Waals surface area contributed by atoms with Crippen LogP contribution >= 0.6 is 0 Å². The maximum atomic E-state index is 13.4. The average molecular weight is 569 g/mol. The van der Waals surface area contributed by atoms with Crippen LogP contribution in [-0.4, -0.2) is 58.2 Å². The second-order valence-electron chi connectivity index (χ2n) is 9.47. The van der Waals surface area contributed by atoms with Crippen molar-refractivity contribution in [2.24, 2.45) is 7.05 Å². The SMILES string of the molecule is Cc1cccc(C)c1-c1cc(OC2CN(C(=O)c3ccccc3C(F)F)C2)nc(NS(=O)(=O)c2cnn(C)c2)n1. The van der Waals surface area contributed by atoms with Gasteiger partial charge in [-0.05, 0) is 31.0 Å². The van der Waals surface area contributed by atoms with Gasteiger partial charge in [0.1, 0.15) is 11.0 Å².